The summed E-state index contributed by atoms with van der Waals surface area (Å²) in [4.78, 5) is 38.8. The number of nitrogens with zero attached hydrogens (tertiary/aromatic N) is 4. The lowest BCUT2D eigenvalue weighted by molar-refractivity contribution is -0.138. The van der Waals surface area contributed by atoms with Gasteiger partial charge < -0.3 is 24.3 Å². The number of halogens is 2. The molecule has 1 amide bonds. The quantitative estimate of drug-likeness (QED) is 0.681. The Labute approximate surface area is 208 Å². The van der Waals surface area contributed by atoms with Gasteiger partial charge in [-0.1, -0.05) is 0 Å². The van der Waals surface area contributed by atoms with Crippen LogP contribution in [0.4, 0.5) is 14.5 Å². The maximum Gasteiger partial charge on any atom is 0.256 e. The number of carbonyl (C=O) groups excluding carboxylic acids is 1. The number of fused-ring (bicyclic) bond motifs is 1. The van der Waals surface area contributed by atoms with E-state index in [1.54, 1.807) is 20.4 Å². The summed E-state index contributed by atoms with van der Waals surface area (Å²) < 4.78 is 36.2. The summed E-state index contributed by atoms with van der Waals surface area (Å²) in [6.07, 6.45) is 6.53. The summed E-state index contributed by atoms with van der Waals surface area (Å²) in [5.74, 6) is -1.54. The Kier molecular flexibility index (Phi) is 8.05. The zero-order chi connectivity index (χ0) is 25.7. The summed E-state index contributed by atoms with van der Waals surface area (Å²) in [6.45, 7) is 2.94. The first-order valence-electron chi connectivity index (χ1n) is 12.4. The number of aromatic nitrogens is 3. The van der Waals surface area contributed by atoms with E-state index in [9.17, 15) is 18.4 Å². The van der Waals surface area contributed by atoms with Crippen molar-refractivity contribution in [3.63, 3.8) is 0 Å². The highest BCUT2D eigenvalue weighted by Gasteiger charge is 2.38. The summed E-state index contributed by atoms with van der Waals surface area (Å²) in [6, 6.07) is 1.86. The Morgan fingerprint density at radius 2 is 1.83 bits per heavy atom. The maximum absolute atomic E-state index is 12.9. The van der Waals surface area contributed by atoms with E-state index in [0.717, 1.165) is 50.3 Å². The molecule has 9 nitrogen and oxygen atoms in total. The van der Waals surface area contributed by atoms with Gasteiger partial charge in [-0.25, -0.2) is 18.7 Å². The number of nitrogens with one attached hydrogen (secondary N) is 1. The van der Waals surface area contributed by atoms with Crippen molar-refractivity contribution in [1.29, 1.82) is 0 Å². The minimum Gasteiger partial charge on any atom is -0.491 e. The molecule has 0 bridgehead atoms. The van der Waals surface area contributed by atoms with Crippen molar-refractivity contribution in [2.45, 2.75) is 57.4 Å². The molecule has 2 aromatic rings. The zero-order valence-corrected chi connectivity index (χ0v) is 20.8. The minimum atomic E-state index is -2.53. The standard InChI is InChI=1S/C14H16N4O3.C11H17F2NO/c1-20-12-5-9(6-15-14(12)21-2)18-4-3-11-10(7-18)13(19)17-8-16-11;12-11(13)5-3-9(4-6-11)10(15)14-7-1-2-8-14/h5-6,8H,3-4,7H2,1-2H3,(H,16,17,19);9H,1-8H2. The molecule has 3 aliphatic rings. The lowest BCUT2D eigenvalue weighted by Crippen LogP contribution is -2.37. The number of hydrogen-bond donors (Lipinski definition) is 1. The average molecular weight is 506 g/mol. The number of rotatable bonds is 4. The second-order valence-corrected chi connectivity index (χ2v) is 9.40. The lowest BCUT2D eigenvalue weighted by Gasteiger charge is -2.30. The molecule has 1 saturated heterocycles. The topological polar surface area (TPSA) is 101 Å². The third kappa shape index (κ3) is 5.93. The zero-order valence-electron chi connectivity index (χ0n) is 20.8. The minimum absolute atomic E-state index is 0.0851. The van der Waals surface area contributed by atoms with Crippen molar-refractivity contribution >= 4 is 11.6 Å². The Bertz CT molecular complexity index is 1110. The van der Waals surface area contributed by atoms with Crippen LogP contribution in [-0.4, -0.2) is 65.5 Å². The number of methoxy groups -OCH3 is 2. The van der Waals surface area contributed by atoms with E-state index in [1.807, 2.05) is 11.0 Å². The van der Waals surface area contributed by atoms with Crippen LogP contribution in [-0.2, 0) is 17.8 Å². The van der Waals surface area contributed by atoms with Crippen LogP contribution in [0.5, 0.6) is 11.6 Å². The lowest BCUT2D eigenvalue weighted by atomic mass is 9.86. The number of ether oxygens (including phenoxy) is 2. The molecule has 0 atom stereocenters. The van der Waals surface area contributed by atoms with Crippen molar-refractivity contribution in [3.8, 4) is 11.6 Å². The molecule has 2 fully saturated rings. The summed E-state index contributed by atoms with van der Waals surface area (Å²) in [7, 11) is 3.12. The number of aromatic amines is 1. The maximum atomic E-state index is 12.9. The molecular weight excluding hydrogens is 472 g/mol. The van der Waals surface area contributed by atoms with E-state index < -0.39 is 5.92 Å². The van der Waals surface area contributed by atoms with E-state index in [0.29, 0.717) is 36.6 Å². The molecule has 4 heterocycles. The summed E-state index contributed by atoms with van der Waals surface area (Å²) in [5, 5.41) is 0. The van der Waals surface area contributed by atoms with Crippen LogP contribution >= 0.6 is 0 Å². The van der Waals surface area contributed by atoms with E-state index in [-0.39, 0.29) is 30.2 Å². The van der Waals surface area contributed by atoms with Crippen LogP contribution in [0.2, 0.25) is 0 Å². The number of hydrogen-bond acceptors (Lipinski definition) is 7. The van der Waals surface area contributed by atoms with Crippen molar-refractivity contribution < 1.29 is 23.0 Å². The molecule has 0 radical (unpaired) electrons. The second kappa shape index (κ2) is 11.2. The molecule has 2 aromatic heterocycles. The monoisotopic (exact) mass is 505 g/mol. The van der Waals surface area contributed by atoms with Gasteiger partial charge in [0.2, 0.25) is 11.8 Å². The third-order valence-corrected chi connectivity index (χ3v) is 7.07. The van der Waals surface area contributed by atoms with Gasteiger partial charge in [-0.05, 0) is 25.7 Å². The van der Waals surface area contributed by atoms with E-state index in [2.05, 4.69) is 19.9 Å². The molecule has 0 unspecified atom stereocenters. The van der Waals surface area contributed by atoms with E-state index in [1.165, 1.54) is 6.33 Å². The Hall–Kier alpha value is -3.24. The van der Waals surface area contributed by atoms with Crippen LogP contribution in [0.1, 0.15) is 49.8 Å². The molecule has 11 heteroatoms. The van der Waals surface area contributed by atoms with E-state index in [4.69, 9.17) is 9.47 Å². The first kappa shape index (κ1) is 25.8. The van der Waals surface area contributed by atoms with Crippen LogP contribution < -0.4 is 19.9 Å². The highest BCUT2D eigenvalue weighted by Crippen LogP contribution is 2.37. The fourth-order valence-corrected chi connectivity index (χ4v) is 4.95. The van der Waals surface area contributed by atoms with Crippen molar-refractivity contribution in [2.75, 3.05) is 38.8 Å². The van der Waals surface area contributed by atoms with Gasteiger partial charge in [-0.2, -0.15) is 0 Å². The first-order valence-corrected chi connectivity index (χ1v) is 12.4. The molecule has 196 valence electrons. The van der Waals surface area contributed by atoms with Gasteiger partial charge in [0.15, 0.2) is 5.75 Å². The SMILES string of the molecule is COc1cc(N2CCc3nc[nH]c(=O)c3C2)cnc1OC.O=C(C1CCC(F)(F)CC1)N1CCCC1. The number of amides is 1. The van der Waals surface area contributed by atoms with Crippen LogP contribution in [0.15, 0.2) is 23.4 Å². The highest BCUT2D eigenvalue weighted by atomic mass is 19.3. The molecule has 1 N–H and O–H groups in total. The number of likely N-dealkylation sites (tertiary alicyclic amines) is 1. The fourth-order valence-electron chi connectivity index (χ4n) is 4.95. The molecule has 1 aliphatic carbocycles. The Balaban J connectivity index is 0.000000179. The molecule has 0 spiro atoms. The van der Waals surface area contributed by atoms with Crippen molar-refractivity contribution in [3.05, 3.63) is 40.2 Å². The molecular formula is C25H33F2N5O4. The molecule has 0 aromatic carbocycles. The smallest absolute Gasteiger partial charge is 0.256 e. The van der Waals surface area contributed by atoms with Gasteiger partial charge in [-0.15, -0.1) is 0 Å². The van der Waals surface area contributed by atoms with Crippen LogP contribution in [0.25, 0.3) is 0 Å². The van der Waals surface area contributed by atoms with Gasteiger partial charge >= 0.3 is 0 Å². The van der Waals surface area contributed by atoms with Gasteiger partial charge in [0.1, 0.15) is 0 Å². The summed E-state index contributed by atoms with van der Waals surface area (Å²) >= 11 is 0. The van der Waals surface area contributed by atoms with Gasteiger partial charge in [0.25, 0.3) is 11.4 Å². The van der Waals surface area contributed by atoms with Gasteiger partial charge in [0.05, 0.1) is 50.2 Å². The molecule has 5 rings (SSSR count). The number of anilines is 1. The van der Waals surface area contributed by atoms with Crippen molar-refractivity contribution in [2.24, 2.45) is 5.92 Å². The Morgan fingerprint density at radius 1 is 1.11 bits per heavy atom. The average Bonchev–Trinajstić information content (AvgIpc) is 3.43. The van der Waals surface area contributed by atoms with Crippen LogP contribution in [0.3, 0.4) is 0 Å². The number of alkyl halides is 2. The molecule has 36 heavy (non-hydrogen) atoms. The van der Waals surface area contributed by atoms with Crippen LogP contribution in [0, 0.1) is 5.92 Å². The molecule has 2 aliphatic heterocycles. The summed E-state index contributed by atoms with van der Waals surface area (Å²) in [5.41, 5.74) is 2.38. The Morgan fingerprint density at radius 3 is 2.50 bits per heavy atom. The predicted octanol–water partition coefficient (Wildman–Crippen LogP) is 3.18. The van der Waals surface area contributed by atoms with E-state index >= 15 is 0 Å². The van der Waals surface area contributed by atoms with Gasteiger partial charge in [-0.3, -0.25) is 9.59 Å². The highest BCUT2D eigenvalue weighted by molar-refractivity contribution is 5.79. The largest absolute Gasteiger partial charge is 0.491 e. The number of pyridine rings is 1. The number of carbonyl (C=O) groups is 1. The first-order chi connectivity index (χ1) is 17.3. The van der Waals surface area contributed by atoms with Crippen molar-refractivity contribution in [1.82, 2.24) is 19.9 Å². The molecule has 1 saturated carbocycles. The number of H-pyrrole nitrogens is 1. The fraction of sp³-hybridized carbons (Fsp3) is 0.600. The van der Waals surface area contributed by atoms with Gasteiger partial charge in [0, 0.05) is 50.9 Å². The normalized spacial score (nSPS) is 19.2. The predicted molar refractivity (Wildman–Crippen MR) is 130 cm³/mol. The third-order valence-electron chi connectivity index (χ3n) is 7.07. The second-order valence-electron chi connectivity index (χ2n) is 9.40.